The number of esters is 2. The van der Waals surface area contributed by atoms with Gasteiger partial charge in [-0.1, -0.05) is 24.8 Å². The summed E-state index contributed by atoms with van der Waals surface area (Å²) < 4.78 is 11.0. The number of hydrogen-bond donors (Lipinski definition) is 3. The first-order valence-electron chi connectivity index (χ1n) is 8.72. The maximum atomic E-state index is 12.2. The van der Waals surface area contributed by atoms with Crippen LogP contribution in [0.1, 0.15) is 13.3 Å². The van der Waals surface area contributed by atoms with Gasteiger partial charge in [0.15, 0.2) is 0 Å². The number of fused-ring (bicyclic) bond motifs is 3. The highest BCUT2D eigenvalue weighted by molar-refractivity contribution is 6.18. The highest BCUT2D eigenvalue weighted by Gasteiger charge is 2.67. The maximum absolute atomic E-state index is 12.2. The van der Waals surface area contributed by atoms with Crippen LogP contribution in [-0.2, 0) is 19.1 Å². The van der Waals surface area contributed by atoms with Crippen LogP contribution in [-0.4, -0.2) is 63.2 Å². The second-order valence-electron chi connectivity index (χ2n) is 7.37. The Kier molecular flexibility index (Phi) is 5.24. The lowest BCUT2D eigenvalue weighted by molar-refractivity contribution is -0.155. The van der Waals surface area contributed by atoms with Crippen LogP contribution in [0.15, 0.2) is 36.5 Å². The van der Waals surface area contributed by atoms with Gasteiger partial charge in [-0.15, -0.1) is 11.6 Å². The van der Waals surface area contributed by atoms with Gasteiger partial charge in [-0.25, -0.2) is 9.59 Å². The van der Waals surface area contributed by atoms with Crippen molar-refractivity contribution in [1.82, 2.24) is 0 Å². The van der Waals surface area contributed by atoms with Crippen LogP contribution >= 0.6 is 11.6 Å². The van der Waals surface area contributed by atoms with Gasteiger partial charge >= 0.3 is 11.9 Å². The van der Waals surface area contributed by atoms with Crippen molar-refractivity contribution < 1.29 is 34.4 Å². The van der Waals surface area contributed by atoms with E-state index in [2.05, 4.69) is 13.2 Å². The summed E-state index contributed by atoms with van der Waals surface area (Å²) in [5.41, 5.74) is -1.31. The number of alkyl halides is 1. The molecule has 1 saturated heterocycles. The average Bonchev–Trinajstić information content (AvgIpc) is 2.95. The molecule has 3 fully saturated rings. The van der Waals surface area contributed by atoms with Crippen LogP contribution < -0.4 is 0 Å². The molecule has 2 saturated carbocycles. The minimum atomic E-state index is -1.90. The number of allylic oxidation sites excluding steroid dienone is 1. The molecule has 2 aliphatic carbocycles. The highest BCUT2D eigenvalue weighted by atomic mass is 35.5. The summed E-state index contributed by atoms with van der Waals surface area (Å²) in [5, 5.41) is 32.0. The van der Waals surface area contributed by atoms with Gasteiger partial charge in [-0.05, 0) is 6.92 Å². The van der Waals surface area contributed by atoms with Gasteiger partial charge in [0.2, 0.25) is 0 Å². The molecule has 8 atom stereocenters. The van der Waals surface area contributed by atoms with Crippen LogP contribution in [0.2, 0.25) is 0 Å². The standard InChI is InChI=1S/C19H23ClO7/c1-4-5-11(21)26-10-6-8(2)12-14(16-13(10)9(3)18(24)27-16)19(25,7-20)17(23)15(12)22/h4-5,10,12-17,22-23,25H,2-3,6-7H2,1H3/b5-4+/t10-,12-,13+,14-,15-,16-,17-,19-/m0/s1. The SMILES string of the molecule is C=C1C[C@H](OC(=O)/C=C/C)[C@H]2C(=C)C(=O)O[C@@H]2[C@@H]2[C@H]1[C@H](O)[C@H](O)[C@]2(O)CCl. The van der Waals surface area contributed by atoms with Gasteiger partial charge in [0.05, 0.1) is 17.9 Å². The van der Waals surface area contributed by atoms with Gasteiger partial charge in [-0.2, -0.15) is 0 Å². The molecule has 3 N–H and O–H groups in total. The molecule has 0 bridgehead atoms. The Morgan fingerprint density at radius 1 is 1.41 bits per heavy atom. The third-order valence-electron chi connectivity index (χ3n) is 5.90. The summed E-state index contributed by atoms with van der Waals surface area (Å²) in [6.45, 7) is 9.40. The van der Waals surface area contributed by atoms with Crippen LogP contribution in [0.5, 0.6) is 0 Å². The molecule has 0 aromatic carbocycles. The Bertz CT molecular complexity index is 717. The Hall–Kier alpha value is -1.67. The zero-order valence-electron chi connectivity index (χ0n) is 14.9. The molecule has 7 nitrogen and oxygen atoms in total. The molecular weight excluding hydrogens is 376 g/mol. The van der Waals surface area contributed by atoms with Crippen molar-refractivity contribution in [3.63, 3.8) is 0 Å². The van der Waals surface area contributed by atoms with E-state index in [1.807, 2.05) is 0 Å². The minimum absolute atomic E-state index is 0.111. The van der Waals surface area contributed by atoms with E-state index in [9.17, 15) is 24.9 Å². The summed E-state index contributed by atoms with van der Waals surface area (Å²) in [6.07, 6.45) is -1.74. The molecule has 3 aliphatic rings. The van der Waals surface area contributed by atoms with Gasteiger partial charge in [0.25, 0.3) is 0 Å². The summed E-state index contributed by atoms with van der Waals surface area (Å²) in [5.74, 6) is -4.08. The van der Waals surface area contributed by atoms with Crippen molar-refractivity contribution in [2.45, 2.75) is 43.4 Å². The van der Waals surface area contributed by atoms with Gasteiger partial charge in [0, 0.05) is 29.9 Å². The molecule has 0 unspecified atom stereocenters. The fraction of sp³-hybridized carbons (Fsp3) is 0.579. The Balaban J connectivity index is 2.07. The van der Waals surface area contributed by atoms with E-state index in [1.165, 1.54) is 12.2 Å². The fourth-order valence-corrected chi connectivity index (χ4v) is 5.00. The Morgan fingerprint density at radius 2 is 2.07 bits per heavy atom. The number of aliphatic hydroxyl groups is 3. The van der Waals surface area contributed by atoms with Crippen molar-refractivity contribution in [3.05, 3.63) is 36.5 Å². The maximum Gasteiger partial charge on any atom is 0.334 e. The van der Waals surface area contributed by atoms with Crippen LogP contribution in [0.4, 0.5) is 0 Å². The number of aliphatic hydroxyl groups excluding tert-OH is 2. The zero-order chi connectivity index (χ0) is 20.1. The Labute approximate surface area is 161 Å². The van der Waals surface area contributed by atoms with E-state index in [0.717, 1.165) is 0 Å². The molecule has 1 aliphatic heterocycles. The Morgan fingerprint density at radius 3 is 2.67 bits per heavy atom. The predicted molar refractivity (Wildman–Crippen MR) is 95.6 cm³/mol. The van der Waals surface area contributed by atoms with Gasteiger partial charge < -0.3 is 24.8 Å². The molecule has 8 heteroatoms. The largest absolute Gasteiger partial charge is 0.458 e. The number of halogens is 1. The number of hydrogen-bond acceptors (Lipinski definition) is 7. The third kappa shape index (κ3) is 2.93. The number of rotatable bonds is 3. The lowest BCUT2D eigenvalue weighted by Crippen LogP contribution is -2.52. The number of carbonyl (C=O) groups excluding carboxylic acids is 2. The average molecular weight is 399 g/mol. The van der Waals surface area contributed by atoms with Gasteiger partial charge in [-0.3, -0.25) is 0 Å². The highest BCUT2D eigenvalue weighted by Crippen LogP contribution is 2.55. The summed E-state index contributed by atoms with van der Waals surface area (Å²) in [6, 6.07) is 0. The molecular formula is C19H23ClO7. The van der Waals surface area contributed by atoms with Crippen molar-refractivity contribution in [3.8, 4) is 0 Å². The van der Waals surface area contributed by atoms with Crippen LogP contribution in [0, 0.1) is 17.8 Å². The lowest BCUT2D eigenvalue weighted by atomic mass is 9.76. The minimum Gasteiger partial charge on any atom is -0.458 e. The summed E-state index contributed by atoms with van der Waals surface area (Å²) >= 11 is 5.95. The molecule has 27 heavy (non-hydrogen) atoms. The summed E-state index contributed by atoms with van der Waals surface area (Å²) in [7, 11) is 0. The predicted octanol–water partition coefficient (Wildman–Crippen LogP) is 0.470. The van der Waals surface area contributed by atoms with Gasteiger partial charge in [0.1, 0.15) is 23.9 Å². The monoisotopic (exact) mass is 398 g/mol. The molecule has 0 amide bonds. The van der Waals surface area contributed by atoms with Crippen LogP contribution in [0.25, 0.3) is 0 Å². The van der Waals surface area contributed by atoms with E-state index < -0.39 is 59.7 Å². The molecule has 0 radical (unpaired) electrons. The van der Waals surface area contributed by atoms with Crippen molar-refractivity contribution in [2.24, 2.45) is 17.8 Å². The molecule has 0 aromatic rings. The molecule has 0 aromatic heterocycles. The second-order valence-corrected chi connectivity index (χ2v) is 7.64. The van der Waals surface area contributed by atoms with Crippen molar-refractivity contribution in [1.29, 1.82) is 0 Å². The first kappa shape index (κ1) is 20.1. The smallest absolute Gasteiger partial charge is 0.334 e. The summed E-state index contributed by atoms with van der Waals surface area (Å²) in [4.78, 5) is 24.2. The number of carbonyl (C=O) groups is 2. The van der Waals surface area contributed by atoms with Crippen molar-refractivity contribution in [2.75, 3.05) is 5.88 Å². The lowest BCUT2D eigenvalue weighted by Gasteiger charge is -2.36. The first-order chi connectivity index (χ1) is 12.7. The van der Waals surface area contributed by atoms with E-state index in [4.69, 9.17) is 21.1 Å². The zero-order valence-corrected chi connectivity index (χ0v) is 15.6. The van der Waals surface area contributed by atoms with Crippen molar-refractivity contribution >= 4 is 23.5 Å². The molecule has 148 valence electrons. The normalized spacial score (nSPS) is 44.0. The third-order valence-corrected chi connectivity index (χ3v) is 6.33. The molecule has 1 heterocycles. The van der Waals surface area contributed by atoms with E-state index >= 15 is 0 Å². The van der Waals surface area contributed by atoms with E-state index in [0.29, 0.717) is 5.57 Å². The second kappa shape index (κ2) is 7.05. The quantitative estimate of drug-likeness (QED) is 0.274. The van der Waals surface area contributed by atoms with Crippen LogP contribution in [0.3, 0.4) is 0 Å². The van der Waals surface area contributed by atoms with E-state index in [1.54, 1.807) is 6.92 Å². The topological polar surface area (TPSA) is 113 Å². The fourth-order valence-electron chi connectivity index (χ4n) is 4.67. The number of ether oxygens (including phenoxy) is 2. The molecule has 0 spiro atoms. The van der Waals surface area contributed by atoms with E-state index in [-0.39, 0.29) is 17.9 Å². The molecule has 3 rings (SSSR count). The first-order valence-corrected chi connectivity index (χ1v) is 9.26.